The molecule has 1 aliphatic heterocycles. The van der Waals surface area contributed by atoms with E-state index in [2.05, 4.69) is 16.4 Å². The van der Waals surface area contributed by atoms with Crippen molar-refractivity contribution in [3.05, 3.63) is 59.3 Å². The van der Waals surface area contributed by atoms with Gasteiger partial charge < -0.3 is 19.6 Å². The lowest BCUT2D eigenvalue weighted by atomic mass is 9.80. The second-order valence-electron chi connectivity index (χ2n) is 8.98. The van der Waals surface area contributed by atoms with E-state index in [0.29, 0.717) is 25.4 Å². The summed E-state index contributed by atoms with van der Waals surface area (Å²) in [6.07, 6.45) is 3.61. The third-order valence-corrected chi connectivity index (χ3v) is 6.75. The largest absolute Gasteiger partial charge is 0.508 e. The van der Waals surface area contributed by atoms with Crippen molar-refractivity contribution in [3.8, 4) is 11.5 Å². The minimum atomic E-state index is -0.848. The summed E-state index contributed by atoms with van der Waals surface area (Å²) in [7, 11) is 0. The van der Waals surface area contributed by atoms with Gasteiger partial charge in [0.25, 0.3) is 0 Å². The third kappa shape index (κ3) is 3.73. The van der Waals surface area contributed by atoms with Gasteiger partial charge in [0.1, 0.15) is 17.0 Å². The molecular weight excluding hydrogens is 404 g/mol. The number of carbonyl (C=O) groups is 1. The molecule has 1 saturated carbocycles. The average Bonchev–Trinajstić information content (AvgIpc) is 3.56. The van der Waals surface area contributed by atoms with Gasteiger partial charge in [-0.25, -0.2) is 0 Å². The van der Waals surface area contributed by atoms with Gasteiger partial charge in [0.15, 0.2) is 0 Å². The van der Waals surface area contributed by atoms with Crippen molar-refractivity contribution < 1.29 is 19.4 Å². The summed E-state index contributed by atoms with van der Waals surface area (Å²) in [5.41, 5.74) is 3.16. The fourth-order valence-electron chi connectivity index (χ4n) is 4.70. The summed E-state index contributed by atoms with van der Waals surface area (Å²) in [6, 6.07) is 13.0. The molecule has 2 aromatic carbocycles. The zero-order chi connectivity index (χ0) is 22.3. The molecule has 5 rings (SSSR count). The van der Waals surface area contributed by atoms with E-state index in [4.69, 9.17) is 9.47 Å². The van der Waals surface area contributed by atoms with Crippen LogP contribution < -0.4 is 10.1 Å². The number of hydrogen-bond donors (Lipinski definition) is 3. The Morgan fingerprint density at radius 2 is 2.03 bits per heavy atom. The van der Waals surface area contributed by atoms with Crippen LogP contribution >= 0.6 is 0 Å². The number of aromatic amines is 1. The summed E-state index contributed by atoms with van der Waals surface area (Å²) < 4.78 is 11.5. The molecule has 0 spiro atoms. The lowest BCUT2D eigenvalue weighted by molar-refractivity contribution is -0.152. The van der Waals surface area contributed by atoms with Crippen LogP contribution in [0.3, 0.4) is 0 Å². The van der Waals surface area contributed by atoms with Crippen molar-refractivity contribution in [2.75, 3.05) is 13.2 Å². The quantitative estimate of drug-likeness (QED) is 0.473. The van der Waals surface area contributed by atoms with Crippen molar-refractivity contribution in [2.45, 2.75) is 51.1 Å². The normalized spacial score (nSPS) is 22.5. The highest BCUT2D eigenvalue weighted by molar-refractivity contribution is 5.90. The number of phenolic OH excluding ortho intramolecular Hbond substituents is 1. The maximum absolute atomic E-state index is 13.1. The lowest BCUT2D eigenvalue weighted by Gasteiger charge is -2.40. The van der Waals surface area contributed by atoms with E-state index in [1.807, 2.05) is 38.1 Å². The number of esters is 1. The molecule has 3 aromatic rings. The summed E-state index contributed by atoms with van der Waals surface area (Å²) in [5.74, 6) is 1.49. The standard InChI is InChI=1S/C26H30N2O4/c1-3-26(25(30)31-4-2)14-21-20-13-19(32-15-16-8-9-16)10-11-22(20)27-24(21)23(28-26)17-6-5-7-18(29)12-17/h5-7,10-13,16,23,27-29H,3-4,8-9,14-15H2,1-2H3. The first-order valence-electron chi connectivity index (χ1n) is 11.5. The van der Waals surface area contributed by atoms with E-state index in [9.17, 15) is 9.90 Å². The maximum atomic E-state index is 13.1. The number of hydrogen-bond acceptors (Lipinski definition) is 5. The van der Waals surface area contributed by atoms with Crippen LogP contribution in [0.1, 0.15) is 56.0 Å². The topological polar surface area (TPSA) is 83.6 Å². The second kappa shape index (κ2) is 8.17. The van der Waals surface area contributed by atoms with Crippen LogP contribution in [0.2, 0.25) is 0 Å². The molecular formula is C26H30N2O4. The van der Waals surface area contributed by atoms with Gasteiger partial charge in [0.05, 0.1) is 19.3 Å². The van der Waals surface area contributed by atoms with Crippen LogP contribution in [0.25, 0.3) is 10.9 Å². The predicted octanol–water partition coefficient (Wildman–Crippen LogP) is 4.61. The number of H-pyrrole nitrogens is 1. The van der Waals surface area contributed by atoms with Gasteiger partial charge in [0, 0.05) is 23.0 Å². The van der Waals surface area contributed by atoms with Gasteiger partial charge >= 0.3 is 5.97 Å². The maximum Gasteiger partial charge on any atom is 0.326 e. The number of nitrogens with one attached hydrogen (secondary N) is 2. The molecule has 0 saturated heterocycles. The Balaban J connectivity index is 1.62. The summed E-state index contributed by atoms with van der Waals surface area (Å²) in [6.45, 7) is 4.93. The summed E-state index contributed by atoms with van der Waals surface area (Å²) in [5, 5.41) is 14.8. The molecule has 3 N–H and O–H groups in total. The minimum Gasteiger partial charge on any atom is -0.508 e. The van der Waals surface area contributed by atoms with E-state index in [-0.39, 0.29) is 17.8 Å². The van der Waals surface area contributed by atoms with E-state index >= 15 is 0 Å². The molecule has 1 aliphatic carbocycles. The van der Waals surface area contributed by atoms with Gasteiger partial charge in [-0.2, -0.15) is 0 Å². The Labute approximate surface area is 187 Å². The van der Waals surface area contributed by atoms with Gasteiger partial charge in [-0.1, -0.05) is 19.1 Å². The molecule has 1 fully saturated rings. The first-order valence-corrected chi connectivity index (χ1v) is 11.5. The third-order valence-electron chi connectivity index (χ3n) is 6.75. The van der Waals surface area contributed by atoms with Crippen LogP contribution in [-0.4, -0.2) is 34.8 Å². The number of fused-ring (bicyclic) bond motifs is 3. The average molecular weight is 435 g/mol. The van der Waals surface area contributed by atoms with Gasteiger partial charge in [0.2, 0.25) is 0 Å². The molecule has 2 atom stereocenters. The summed E-state index contributed by atoms with van der Waals surface area (Å²) in [4.78, 5) is 16.7. The van der Waals surface area contributed by atoms with Crippen molar-refractivity contribution in [1.29, 1.82) is 0 Å². The molecule has 6 heteroatoms. The Bertz CT molecular complexity index is 1150. The van der Waals surface area contributed by atoms with Gasteiger partial charge in [-0.15, -0.1) is 0 Å². The number of ether oxygens (including phenoxy) is 2. The van der Waals surface area contributed by atoms with Crippen LogP contribution in [-0.2, 0) is 16.0 Å². The number of aromatic hydroxyl groups is 1. The SMILES string of the molecule is CCOC(=O)C1(CC)Cc2c([nH]c3ccc(OCC4CC4)cc23)C(c2cccc(O)c2)N1. The van der Waals surface area contributed by atoms with Gasteiger partial charge in [-0.05, 0) is 73.6 Å². The van der Waals surface area contributed by atoms with Crippen LogP contribution in [0.4, 0.5) is 0 Å². The number of benzene rings is 2. The van der Waals surface area contributed by atoms with Crippen LogP contribution in [0.15, 0.2) is 42.5 Å². The first kappa shape index (κ1) is 20.9. The number of aromatic nitrogens is 1. The molecule has 6 nitrogen and oxygen atoms in total. The fourth-order valence-corrected chi connectivity index (χ4v) is 4.70. The minimum absolute atomic E-state index is 0.196. The van der Waals surface area contributed by atoms with E-state index < -0.39 is 5.54 Å². The molecule has 32 heavy (non-hydrogen) atoms. The molecule has 168 valence electrons. The Kier molecular flexibility index (Phi) is 5.33. The highest BCUT2D eigenvalue weighted by Crippen LogP contribution is 2.41. The lowest BCUT2D eigenvalue weighted by Crippen LogP contribution is -2.58. The van der Waals surface area contributed by atoms with E-state index in [1.165, 1.54) is 12.8 Å². The zero-order valence-electron chi connectivity index (χ0n) is 18.6. The van der Waals surface area contributed by atoms with Crippen LogP contribution in [0, 0.1) is 5.92 Å². The predicted molar refractivity (Wildman–Crippen MR) is 123 cm³/mol. The van der Waals surface area contributed by atoms with Gasteiger partial charge in [-0.3, -0.25) is 10.1 Å². The molecule has 0 radical (unpaired) electrons. The molecule has 2 heterocycles. The van der Waals surface area contributed by atoms with Crippen LogP contribution in [0.5, 0.6) is 11.5 Å². The first-order chi connectivity index (χ1) is 15.5. The molecule has 2 aliphatic rings. The molecule has 0 amide bonds. The van der Waals surface area contributed by atoms with E-state index in [0.717, 1.165) is 40.1 Å². The monoisotopic (exact) mass is 434 g/mol. The highest BCUT2D eigenvalue weighted by Gasteiger charge is 2.46. The summed E-state index contributed by atoms with van der Waals surface area (Å²) >= 11 is 0. The fraction of sp³-hybridized carbons (Fsp3) is 0.423. The zero-order valence-corrected chi connectivity index (χ0v) is 18.6. The number of phenols is 1. The smallest absolute Gasteiger partial charge is 0.326 e. The molecule has 1 aromatic heterocycles. The Morgan fingerprint density at radius 1 is 1.19 bits per heavy atom. The Hall–Kier alpha value is -2.99. The number of carbonyl (C=O) groups excluding carboxylic acids is 1. The van der Waals surface area contributed by atoms with Crippen molar-refractivity contribution in [1.82, 2.24) is 10.3 Å². The van der Waals surface area contributed by atoms with E-state index in [1.54, 1.807) is 12.1 Å². The molecule has 2 unspecified atom stereocenters. The second-order valence-corrected chi connectivity index (χ2v) is 8.98. The van der Waals surface area contributed by atoms with Crippen molar-refractivity contribution in [3.63, 3.8) is 0 Å². The number of rotatable bonds is 7. The Morgan fingerprint density at radius 3 is 2.75 bits per heavy atom. The highest BCUT2D eigenvalue weighted by atomic mass is 16.5. The van der Waals surface area contributed by atoms with Crippen molar-refractivity contribution >= 4 is 16.9 Å². The van der Waals surface area contributed by atoms with Crippen molar-refractivity contribution in [2.24, 2.45) is 5.92 Å². The molecule has 0 bridgehead atoms.